The molecule has 0 aromatic carbocycles. The molecule has 0 spiro atoms. The van der Waals surface area contributed by atoms with E-state index in [2.05, 4.69) is 15.9 Å². The topological polar surface area (TPSA) is 40.6 Å². The van der Waals surface area contributed by atoms with Crippen LogP contribution in [-0.4, -0.2) is 48.0 Å². The molecule has 1 atom stereocenters. The second-order valence-electron chi connectivity index (χ2n) is 5.68. The van der Waals surface area contributed by atoms with Crippen LogP contribution in [0.2, 0.25) is 0 Å². The number of hydrogen-bond acceptors (Lipinski definition) is 2. The van der Waals surface area contributed by atoms with E-state index in [0.717, 1.165) is 32.1 Å². The van der Waals surface area contributed by atoms with Gasteiger partial charge >= 0.3 is 0 Å². The Bertz CT molecular complexity index is 382. The fourth-order valence-electron chi connectivity index (χ4n) is 2.85. The number of piperidine rings is 1. The fourth-order valence-corrected chi connectivity index (χ4v) is 5.59. The zero-order valence-electron chi connectivity index (χ0n) is 11.2. The highest BCUT2D eigenvalue weighted by atomic mass is 79.9. The van der Waals surface area contributed by atoms with Crippen molar-refractivity contribution in [2.45, 2.75) is 49.9 Å². The third-order valence-electron chi connectivity index (χ3n) is 4.13. The van der Waals surface area contributed by atoms with Crippen LogP contribution in [0.1, 0.15) is 39.0 Å². The highest BCUT2D eigenvalue weighted by molar-refractivity contribution is 9.09. The summed E-state index contributed by atoms with van der Waals surface area (Å²) in [5.74, 6) is 0.522. The summed E-state index contributed by atoms with van der Waals surface area (Å²) in [5, 5.41) is 0. The summed E-state index contributed by atoms with van der Waals surface area (Å²) >= 11 is 3.55. The molecule has 6 heteroatoms. The van der Waals surface area contributed by atoms with Gasteiger partial charge in [-0.05, 0) is 38.5 Å². The molecule has 0 amide bonds. The van der Waals surface area contributed by atoms with Gasteiger partial charge in [0, 0.05) is 31.0 Å². The van der Waals surface area contributed by atoms with E-state index in [0.29, 0.717) is 23.8 Å². The van der Waals surface area contributed by atoms with Crippen molar-refractivity contribution in [3.63, 3.8) is 0 Å². The average molecular weight is 339 g/mol. The van der Waals surface area contributed by atoms with Crippen molar-refractivity contribution in [3.8, 4) is 0 Å². The van der Waals surface area contributed by atoms with E-state index in [-0.39, 0.29) is 6.04 Å². The van der Waals surface area contributed by atoms with Gasteiger partial charge in [0.15, 0.2) is 0 Å². The van der Waals surface area contributed by atoms with E-state index >= 15 is 0 Å². The summed E-state index contributed by atoms with van der Waals surface area (Å²) in [4.78, 5) is 0.590. The molecule has 2 aliphatic rings. The van der Waals surface area contributed by atoms with E-state index in [1.54, 1.807) is 15.7 Å². The predicted molar refractivity (Wildman–Crippen MR) is 77.0 cm³/mol. The molecule has 0 bridgehead atoms. The van der Waals surface area contributed by atoms with E-state index in [1.165, 1.54) is 0 Å². The molecule has 18 heavy (non-hydrogen) atoms. The Balaban J connectivity index is 1.96. The van der Waals surface area contributed by atoms with Gasteiger partial charge in [-0.25, -0.2) is 0 Å². The summed E-state index contributed by atoms with van der Waals surface area (Å²) in [6.07, 6.45) is 5.31. The van der Waals surface area contributed by atoms with Crippen molar-refractivity contribution >= 4 is 26.1 Å². The van der Waals surface area contributed by atoms with Gasteiger partial charge in [0.2, 0.25) is 0 Å². The van der Waals surface area contributed by atoms with Crippen LogP contribution < -0.4 is 0 Å². The molecule has 1 saturated carbocycles. The van der Waals surface area contributed by atoms with Crippen molar-refractivity contribution in [1.29, 1.82) is 0 Å². The molecule has 1 aliphatic heterocycles. The number of nitrogens with zero attached hydrogens (tertiary/aromatic N) is 2. The smallest absolute Gasteiger partial charge is 0.195 e. The minimum atomic E-state index is -3.25. The highest BCUT2D eigenvalue weighted by Gasteiger charge is 2.36. The maximum absolute atomic E-state index is 12.5. The van der Waals surface area contributed by atoms with Gasteiger partial charge in [-0.3, -0.25) is 0 Å². The number of rotatable bonds is 4. The second kappa shape index (κ2) is 5.77. The molecule has 1 heterocycles. The first-order chi connectivity index (χ1) is 8.41. The van der Waals surface area contributed by atoms with Crippen molar-refractivity contribution in [3.05, 3.63) is 0 Å². The first kappa shape index (κ1) is 14.8. The minimum Gasteiger partial charge on any atom is -0.195 e. The second-order valence-corrected chi connectivity index (χ2v) is 8.96. The van der Waals surface area contributed by atoms with Crippen LogP contribution in [0.25, 0.3) is 0 Å². The normalized spacial score (nSPS) is 34.6. The van der Waals surface area contributed by atoms with Crippen molar-refractivity contribution in [1.82, 2.24) is 8.61 Å². The Morgan fingerprint density at radius 2 is 2.00 bits per heavy atom. The molecule has 0 aromatic heterocycles. The Labute approximate surface area is 119 Å². The van der Waals surface area contributed by atoms with Gasteiger partial charge in [0.1, 0.15) is 0 Å². The SMILES string of the molecule is CC1CCCCN1S(=O)(=O)N(C)CC1CC(Br)C1. The molecule has 2 fully saturated rings. The number of hydrogen-bond donors (Lipinski definition) is 0. The van der Waals surface area contributed by atoms with Gasteiger partial charge in [-0.2, -0.15) is 17.0 Å². The third-order valence-corrected chi connectivity index (χ3v) is 6.95. The summed E-state index contributed by atoms with van der Waals surface area (Å²) in [7, 11) is -1.53. The summed E-state index contributed by atoms with van der Waals surface area (Å²) in [6, 6.07) is 0.150. The molecule has 4 nitrogen and oxygen atoms in total. The minimum absolute atomic E-state index is 0.150. The lowest BCUT2D eigenvalue weighted by Gasteiger charge is -2.38. The Hall–Kier alpha value is 0.350. The van der Waals surface area contributed by atoms with Crippen LogP contribution in [0, 0.1) is 5.92 Å². The molecule has 1 saturated heterocycles. The van der Waals surface area contributed by atoms with Crippen LogP contribution in [0.15, 0.2) is 0 Å². The molecule has 0 aromatic rings. The Morgan fingerprint density at radius 3 is 2.56 bits per heavy atom. The zero-order valence-corrected chi connectivity index (χ0v) is 13.6. The molecule has 0 N–H and O–H groups in total. The van der Waals surface area contributed by atoms with Crippen LogP contribution >= 0.6 is 15.9 Å². The molecule has 106 valence electrons. The maximum atomic E-state index is 12.5. The van der Waals surface area contributed by atoms with Gasteiger partial charge in [0.25, 0.3) is 10.2 Å². The Morgan fingerprint density at radius 1 is 1.33 bits per heavy atom. The predicted octanol–water partition coefficient (Wildman–Crippen LogP) is 2.21. The molecule has 1 aliphatic carbocycles. The number of alkyl halides is 1. The Kier molecular flexibility index (Phi) is 4.73. The maximum Gasteiger partial charge on any atom is 0.281 e. The quantitative estimate of drug-likeness (QED) is 0.737. The van der Waals surface area contributed by atoms with Crippen LogP contribution in [0.3, 0.4) is 0 Å². The first-order valence-electron chi connectivity index (χ1n) is 6.78. The fraction of sp³-hybridized carbons (Fsp3) is 1.00. The van der Waals surface area contributed by atoms with Crippen molar-refractivity contribution < 1.29 is 8.42 Å². The molecule has 2 rings (SSSR count). The molecule has 1 unspecified atom stereocenters. The van der Waals surface area contributed by atoms with Gasteiger partial charge < -0.3 is 0 Å². The lowest BCUT2D eigenvalue weighted by atomic mass is 9.85. The summed E-state index contributed by atoms with van der Waals surface area (Å²) in [5.41, 5.74) is 0. The van der Waals surface area contributed by atoms with E-state index in [4.69, 9.17) is 0 Å². The highest BCUT2D eigenvalue weighted by Crippen LogP contribution is 2.34. The molecule has 0 radical (unpaired) electrons. The lowest BCUT2D eigenvalue weighted by molar-refractivity contribution is 0.228. The third kappa shape index (κ3) is 3.08. The monoisotopic (exact) mass is 338 g/mol. The lowest BCUT2D eigenvalue weighted by Crippen LogP contribution is -2.50. The van der Waals surface area contributed by atoms with Gasteiger partial charge in [0.05, 0.1) is 0 Å². The van der Waals surface area contributed by atoms with Crippen LogP contribution in [-0.2, 0) is 10.2 Å². The van der Waals surface area contributed by atoms with E-state index < -0.39 is 10.2 Å². The molecular formula is C12H23BrN2O2S. The van der Waals surface area contributed by atoms with Crippen molar-refractivity contribution in [2.24, 2.45) is 5.92 Å². The number of halogens is 1. The van der Waals surface area contributed by atoms with E-state index in [9.17, 15) is 8.42 Å². The standard InChI is InChI=1S/C12H23BrN2O2S/c1-10-5-3-4-6-15(10)18(16,17)14(2)9-11-7-12(13)8-11/h10-12H,3-9H2,1-2H3. The average Bonchev–Trinajstić information content (AvgIpc) is 2.27. The summed E-state index contributed by atoms with van der Waals surface area (Å²) in [6.45, 7) is 3.36. The van der Waals surface area contributed by atoms with Crippen molar-refractivity contribution in [2.75, 3.05) is 20.1 Å². The van der Waals surface area contributed by atoms with Gasteiger partial charge in [-0.1, -0.05) is 22.4 Å². The zero-order chi connectivity index (χ0) is 13.3. The van der Waals surface area contributed by atoms with Crippen LogP contribution in [0.4, 0.5) is 0 Å². The first-order valence-corrected chi connectivity index (χ1v) is 9.09. The molecular weight excluding hydrogens is 316 g/mol. The summed E-state index contributed by atoms with van der Waals surface area (Å²) < 4.78 is 28.2. The van der Waals surface area contributed by atoms with Crippen LogP contribution in [0.5, 0.6) is 0 Å². The van der Waals surface area contributed by atoms with E-state index in [1.807, 2.05) is 6.92 Å². The van der Waals surface area contributed by atoms with Gasteiger partial charge in [-0.15, -0.1) is 0 Å². The largest absolute Gasteiger partial charge is 0.281 e.